The molecule has 1 aliphatic rings. The first-order valence-electron chi connectivity index (χ1n) is 10.5. The maximum Gasteiger partial charge on any atom is 0.227 e. The number of hydrogen-bond donors (Lipinski definition) is 1. The van der Waals surface area contributed by atoms with Crippen LogP contribution in [0, 0.1) is 11.7 Å². The largest absolute Gasteiger partial charge is 0.493 e. The fourth-order valence-electron chi connectivity index (χ4n) is 3.55. The SMILES string of the molecule is CC(C)COc1ccc(CC(=O)N(Cc2ccc(F)cc2)[C@@H]2CCCNC2)cc1. The zero-order valence-corrected chi connectivity index (χ0v) is 17.4. The second kappa shape index (κ2) is 10.4. The highest BCUT2D eigenvalue weighted by molar-refractivity contribution is 5.79. The van der Waals surface area contributed by atoms with Crippen LogP contribution in [0.4, 0.5) is 4.39 Å². The summed E-state index contributed by atoms with van der Waals surface area (Å²) in [5.74, 6) is 1.14. The van der Waals surface area contributed by atoms with Gasteiger partial charge in [-0.1, -0.05) is 38.1 Å². The van der Waals surface area contributed by atoms with E-state index in [4.69, 9.17) is 4.74 Å². The van der Waals surface area contributed by atoms with Gasteiger partial charge in [0.15, 0.2) is 0 Å². The van der Waals surface area contributed by atoms with Crippen molar-refractivity contribution < 1.29 is 13.9 Å². The average molecular weight is 399 g/mol. The first-order valence-corrected chi connectivity index (χ1v) is 10.5. The van der Waals surface area contributed by atoms with Gasteiger partial charge in [-0.15, -0.1) is 0 Å². The zero-order valence-electron chi connectivity index (χ0n) is 17.4. The van der Waals surface area contributed by atoms with Gasteiger partial charge in [0.05, 0.1) is 13.0 Å². The van der Waals surface area contributed by atoms with Crippen LogP contribution in [0.25, 0.3) is 0 Å². The molecule has 2 aromatic carbocycles. The van der Waals surface area contributed by atoms with E-state index in [1.165, 1.54) is 12.1 Å². The fourth-order valence-corrected chi connectivity index (χ4v) is 3.55. The van der Waals surface area contributed by atoms with Gasteiger partial charge in [-0.3, -0.25) is 4.79 Å². The number of rotatable bonds is 8. The highest BCUT2D eigenvalue weighted by Crippen LogP contribution is 2.19. The standard InChI is InChI=1S/C24H31FN2O2/c1-18(2)17-29-23-11-7-19(8-12-23)14-24(28)27(22-4-3-13-26-15-22)16-20-5-9-21(25)10-6-20/h5-12,18,22,26H,3-4,13-17H2,1-2H3/t22-/m1/s1. The highest BCUT2D eigenvalue weighted by Gasteiger charge is 2.25. The first-order chi connectivity index (χ1) is 14.0. The van der Waals surface area contributed by atoms with E-state index in [0.717, 1.165) is 42.8 Å². The number of piperidine rings is 1. The molecular formula is C24H31FN2O2. The van der Waals surface area contributed by atoms with Crippen molar-refractivity contribution in [1.82, 2.24) is 10.2 Å². The molecule has 0 spiro atoms. The summed E-state index contributed by atoms with van der Waals surface area (Å²) in [4.78, 5) is 15.1. The van der Waals surface area contributed by atoms with Crippen LogP contribution in [0.3, 0.4) is 0 Å². The highest BCUT2D eigenvalue weighted by atomic mass is 19.1. The molecule has 0 radical (unpaired) electrons. The fraction of sp³-hybridized carbons (Fsp3) is 0.458. The van der Waals surface area contributed by atoms with Crippen LogP contribution in [-0.2, 0) is 17.8 Å². The van der Waals surface area contributed by atoms with Crippen LogP contribution in [0.15, 0.2) is 48.5 Å². The van der Waals surface area contributed by atoms with Gasteiger partial charge < -0.3 is 15.0 Å². The molecule has 0 saturated carbocycles. The van der Waals surface area contributed by atoms with E-state index in [1.807, 2.05) is 29.2 Å². The average Bonchev–Trinajstić information content (AvgIpc) is 2.73. The maximum absolute atomic E-state index is 13.3. The Bertz CT molecular complexity index is 768. The number of carbonyl (C=O) groups excluding carboxylic acids is 1. The summed E-state index contributed by atoms with van der Waals surface area (Å²) in [5.41, 5.74) is 1.92. The van der Waals surface area contributed by atoms with E-state index in [9.17, 15) is 9.18 Å². The van der Waals surface area contributed by atoms with Gasteiger partial charge in [0.25, 0.3) is 0 Å². The zero-order chi connectivity index (χ0) is 20.6. The van der Waals surface area contributed by atoms with Crippen molar-refractivity contribution >= 4 is 5.91 Å². The Morgan fingerprint density at radius 1 is 1.14 bits per heavy atom. The molecule has 3 rings (SSSR count). The van der Waals surface area contributed by atoms with Crippen LogP contribution >= 0.6 is 0 Å². The molecule has 29 heavy (non-hydrogen) atoms. The van der Waals surface area contributed by atoms with Crippen LogP contribution in [-0.4, -0.2) is 36.5 Å². The Morgan fingerprint density at radius 3 is 2.45 bits per heavy atom. The van der Waals surface area contributed by atoms with E-state index in [0.29, 0.717) is 25.5 Å². The summed E-state index contributed by atoms with van der Waals surface area (Å²) in [5, 5.41) is 3.39. The van der Waals surface area contributed by atoms with Crippen molar-refractivity contribution in [2.75, 3.05) is 19.7 Å². The number of nitrogens with one attached hydrogen (secondary N) is 1. The van der Waals surface area contributed by atoms with Crippen LogP contribution in [0.2, 0.25) is 0 Å². The van der Waals surface area contributed by atoms with Crippen molar-refractivity contribution in [3.8, 4) is 5.75 Å². The molecule has 2 aromatic rings. The van der Waals surface area contributed by atoms with Crippen LogP contribution in [0.5, 0.6) is 5.75 Å². The number of carbonyl (C=O) groups is 1. The molecule has 5 heteroatoms. The molecule has 0 unspecified atom stereocenters. The Hall–Kier alpha value is -2.40. The third-order valence-electron chi connectivity index (χ3n) is 5.16. The van der Waals surface area contributed by atoms with Gasteiger partial charge in [-0.25, -0.2) is 4.39 Å². The van der Waals surface area contributed by atoms with Crippen molar-refractivity contribution in [3.63, 3.8) is 0 Å². The van der Waals surface area contributed by atoms with Crippen molar-refractivity contribution in [3.05, 3.63) is 65.5 Å². The molecule has 1 aliphatic heterocycles. The molecule has 1 amide bonds. The smallest absolute Gasteiger partial charge is 0.227 e. The van der Waals surface area contributed by atoms with Crippen LogP contribution < -0.4 is 10.1 Å². The van der Waals surface area contributed by atoms with Crippen LogP contribution in [0.1, 0.15) is 37.8 Å². The monoisotopic (exact) mass is 398 g/mol. The van der Waals surface area contributed by atoms with E-state index in [1.54, 1.807) is 12.1 Å². The number of benzene rings is 2. The number of halogens is 1. The summed E-state index contributed by atoms with van der Waals surface area (Å²) in [6.07, 6.45) is 2.39. The van der Waals surface area contributed by atoms with Crippen molar-refractivity contribution in [1.29, 1.82) is 0 Å². The number of ether oxygens (including phenoxy) is 1. The number of amides is 1. The minimum Gasteiger partial charge on any atom is -0.493 e. The molecular weight excluding hydrogens is 367 g/mol. The minimum absolute atomic E-state index is 0.0962. The summed E-state index contributed by atoms with van der Waals surface area (Å²) < 4.78 is 19.0. The van der Waals surface area contributed by atoms with Crippen molar-refractivity contribution in [2.45, 2.75) is 45.7 Å². The van der Waals surface area contributed by atoms with Gasteiger partial charge >= 0.3 is 0 Å². The lowest BCUT2D eigenvalue weighted by Crippen LogP contribution is -2.48. The first kappa shape index (κ1) is 21.3. The molecule has 1 saturated heterocycles. The predicted octanol–water partition coefficient (Wildman–Crippen LogP) is 4.18. The quantitative estimate of drug-likeness (QED) is 0.725. The molecule has 156 valence electrons. The molecule has 4 nitrogen and oxygen atoms in total. The predicted molar refractivity (Wildman–Crippen MR) is 113 cm³/mol. The van der Waals surface area contributed by atoms with Gasteiger partial charge in [-0.2, -0.15) is 0 Å². The molecule has 1 fully saturated rings. The third kappa shape index (κ3) is 6.57. The van der Waals surface area contributed by atoms with Gasteiger partial charge in [0.1, 0.15) is 11.6 Å². The summed E-state index contributed by atoms with van der Waals surface area (Å²) in [7, 11) is 0. The van der Waals surface area contributed by atoms with E-state index in [-0.39, 0.29) is 17.8 Å². The van der Waals surface area contributed by atoms with E-state index in [2.05, 4.69) is 19.2 Å². The number of hydrogen-bond acceptors (Lipinski definition) is 3. The Morgan fingerprint density at radius 2 is 1.83 bits per heavy atom. The lowest BCUT2D eigenvalue weighted by atomic mass is 10.0. The van der Waals surface area contributed by atoms with E-state index >= 15 is 0 Å². The normalized spacial score (nSPS) is 16.6. The minimum atomic E-state index is -0.259. The van der Waals surface area contributed by atoms with Gasteiger partial charge in [0, 0.05) is 19.1 Å². The lowest BCUT2D eigenvalue weighted by molar-refractivity contribution is -0.133. The summed E-state index contributed by atoms with van der Waals surface area (Å²) in [6, 6.07) is 14.4. The Labute approximate surface area is 173 Å². The molecule has 1 heterocycles. The molecule has 0 aliphatic carbocycles. The molecule has 1 N–H and O–H groups in total. The van der Waals surface area contributed by atoms with E-state index < -0.39 is 0 Å². The second-order valence-electron chi connectivity index (χ2n) is 8.17. The second-order valence-corrected chi connectivity index (χ2v) is 8.17. The third-order valence-corrected chi connectivity index (χ3v) is 5.16. The molecule has 1 atom stereocenters. The lowest BCUT2D eigenvalue weighted by Gasteiger charge is -2.35. The topological polar surface area (TPSA) is 41.6 Å². The Kier molecular flexibility index (Phi) is 7.64. The molecule has 0 aromatic heterocycles. The number of nitrogens with zero attached hydrogens (tertiary/aromatic N) is 1. The molecule has 0 bridgehead atoms. The summed E-state index contributed by atoms with van der Waals surface area (Å²) >= 11 is 0. The Balaban J connectivity index is 1.67. The summed E-state index contributed by atoms with van der Waals surface area (Å²) in [6.45, 7) is 7.20. The maximum atomic E-state index is 13.3. The van der Waals surface area contributed by atoms with Crippen molar-refractivity contribution in [2.24, 2.45) is 5.92 Å². The van der Waals surface area contributed by atoms with Gasteiger partial charge in [-0.05, 0) is 60.7 Å². The van der Waals surface area contributed by atoms with Gasteiger partial charge in [0.2, 0.25) is 5.91 Å².